The minimum atomic E-state index is 0.331. The highest BCUT2D eigenvalue weighted by Crippen LogP contribution is 2.37. The van der Waals surface area contributed by atoms with Gasteiger partial charge in [0.05, 0.1) is 6.61 Å². The molecule has 2 N–H and O–H groups in total. The van der Waals surface area contributed by atoms with Crippen LogP contribution in [-0.2, 0) is 4.74 Å². The maximum absolute atomic E-state index is 6.20. The summed E-state index contributed by atoms with van der Waals surface area (Å²) in [5, 5.41) is 0. The molecule has 1 heterocycles. The number of hydrogen-bond donors (Lipinski definition) is 1. The van der Waals surface area contributed by atoms with Crippen LogP contribution in [0, 0.1) is 5.41 Å². The second-order valence-electron chi connectivity index (χ2n) is 5.59. The quantitative estimate of drug-likeness (QED) is 0.764. The molecular formula is C12H24N2O. The van der Waals surface area contributed by atoms with Crippen LogP contribution in [0.3, 0.4) is 0 Å². The summed E-state index contributed by atoms with van der Waals surface area (Å²) in [6, 6.07) is 1.01. The van der Waals surface area contributed by atoms with Crippen molar-refractivity contribution in [3.8, 4) is 0 Å². The van der Waals surface area contributed by atoms with E-state index in [1.54, 1.807) is 0 Å². The van der Waals surface area contributed by atoms with Gasteiger partial charge >= 0.3 is 0 Å². The van der Waals surface area contributed by atoms with Crippen molar-refractivity contribution in [1.29, 1.82) is 0 Å². The van der Waals surface area contributed by atoms with Gasteiger partial charge in [-0.3, -0.25) is 0 Å². The molecule has 2 rings (SSSR count). The van der Waals surface area contributed by atoms with Crippen LogP contribution >= 0.6 is 0 Å². The fourth-order valence-corrected chi connectivity index (χ4v) is 3.02. The summed E-state index contributed by atoms with van der Waals surface area (Å²) in [6.45, 7) is 5.30. The fourth-order valence-electron chi connectivity index (χ4n) is 3.02. The van der Waals surface area contributed by atoms with Gasteiger partial charge in [-0.25, -0.2) is 0 Å². The second kappa shape index (κ2) is 4.40. The van der Waals surface area contributed by atoms with Crippen LogP contribution < -0.4 is 5.73 Å². The predicted molar refractivity (Wildman–Crippen MR) is 61.8 cm³/mol. The molecule has 3 nitrogen and oxygen atoms in total. The Morgan fingerprint density at radius 1 is 1.47 bits per heavy atom. The van der Waals surface area contributed by atoms with Crippen molar-refractivity contribution in [2.45, 2.75) is 44.7 Å². The van der Waals surface area contributed by atoms with E-state index in [1.165, 1.54) is 25.7 Å². The molecule has 2 fully saturated rings. The summed E-state index contributed by atoms with van der Waals surface area (Å²) in [5.41, 5.74) is 6.53. The maximum Gasteiger partial charge on any atom is 0.0622 e. The first-order valence-electron chi connectivity index (χ1n) is 6.15. The van der Waals surface area contributed by atoms with E-state index in [4.69, 9.17) is 10.5 Å². The molecule has 2 aliphatic rings. The lowest BCUT2D eigenvalue weighted by molar-refractivity contribution is 0.117. The molecule has 0 radical (unpaired) electrons. The van der Waals surface area contributed by atoms with E-state index in [-0.39, 0.29) is 0 Å². The third-order valence-electron chi connectivity index (χ3n) is 4.30. The van der Waals surface area contributed by atoms with Gasteiger partial charge < -0.3 is 15.4 Å². The van der Waals surface area contributed by atoms with E-state index in [0.29, 0.717) is 17.5 Å². The zero-order valence-corrected chi connectivity index (χ0v) is 10.0. The van der Waals surface area contributed by atoms with Gasteiger partial charge in [-0.15, -0.1) is 0 Å². The van der Waals surface area contributed by atoms with Gasteiger partial charge in [-0.2, -0.15) is 0 Å². The van der Waals surface area contributed by atoms with Crippen LogP contribution in [0.25, 0.3) is 0 Å². The standard InChI is InChI=1S/C12H24N2O/c1-12(6-3-4-11(12)13)9-14(2)10-5-7-15-8-10/h10-11H,3-9,13H2,1-2H3. The van der Waals surface area contributed by atoms with Crippen molar-refractivity contribution >= 4 is 0 Å². The third-order valence-corrected chi connectivity index (χ3v) is 4.30. The van der Waals surface area contributed by atoms with Crippen LogP contribution in [0.2, 0.25) is 0 Å². The molecule has 0 bridgehead atoms. The Bertz CT molecular complexity index is 216. The Balaban J connectivity index is 1.89. The first-order chi connectivity index (χ1) is 7.12. The number of hydrogen-bond acceptors (Lipinski definition) is 3. The van der Waals surface area contributed by atoms with E-state index in [9.17, 15) is 0 Å². The molecule has 1 saturated carbocycles. The molecule has 0 aromatic heterocycles. The molecule has 0 spiro atoms. The SMILES string of the molecule is CN(CC1(C)CCCC1N)C1CCOC1. The Hall–Kier alpha value is -0.120. The van der Waals surface area contributed by atoms with Crippen LogP contribution in [0.5, 0.6) is 0 Å². The summed E-state index contributed by atoms with van der Waals surface area (Å²) in [7, 11) is 2.22. The van der Waals surface area contributed by atoms with Crippen LogP contribution in [0.15, 0.2) is 0 Å². The van der Waals surface area contributed by atoms with Gasteiger partial charge in [0.15, 0.2) is 0 Å². The van der Waals surface area contributed by atoms with Crippen molar-refractivity contribution in [3.05, 3.63) is 0 Å². The Kier molecular flexibility index (Phi) is 3.33. The summed E-state index contributed by atoms with van der Waals surface area (Å²) in [6.07, 6.45) is 4.96. The predicted octanol–water partition coefficient (Wildman–Crippen LogP) is 1.22. The highest BCUT2D eigenvalue weighted by molar-refractivity contribution is 4.94. The van der Waals surface area contributed by atoms with Crippen molar-refractivity contribution in [1.82, 2.24) is 4.90 Å². The molecule has 1 saturated heterocycles. The van der Waals surface area contributed by atoms with Crippen molar-refractivity contribution < 1.29 is 4.74 Å². The first-order valence-corrected chi connectivity index (χ1v) is 6.15. The smallest absolute Gasteiger partial charge is 0.0622 e. The summed E-state index contributed by atoms with van der Waals surface area (Å²) in [5.74, 6) is 0. The van der Waals surface area contributed by atoms with E-state index in [1.807, 2.05) is 0 Å². The van der Waals surface area contributed by atoms with Crippen molar-refractivity contribution in [3.63, 3.8) is 0 Å². The molecule has 3 heteroatoms. The molecular weight excluding hydrogens is 188 g/mol. The second-order valence-corrected chi connectivity index (χ2v) is 5.59. The molecule has 3 unspecified atom stereocenters. The molecule has 0 amide bonds. The van der Waals surface area contributed by atoms with Gasteiger partial charge in [0.25, 0.3) is 0 Å². The van der Waals surface area contributed by atoms with E-state index < -0.39 is 0 Å². The van der Waals surface area contributed by atoms with E-state index in [0.717, 1.165) is 19.8 Å². The third kappa shape index (κ3) is 2.35. The minimum absolute atomic E-state index is 0.331. The molecule has 1 aliphatic carbocycles. The van der Waals surface area contributed by atoms with Gasteiger partial charge in [-0.05, 0) is 31.7 Å². The zero-order chi connectivity index (χ0) is 10.9. The number of rotatable bonds is 3. The van der Waals surface area contributed by atoms with E-state index in [2.05, 4.69) is 18.9 Å². The lowest BCUT2D eigenvalue weighted by Crippen LogP contribution is -2.46. The maximum atomic E-state index is 6.20. The Labute approximate surface area is 93.0 Å². The zero-order valence-electron chi connectivity index (χ0n) is 10.0. The van der Waals surface area contributed by atoms with Crippen LogP contribution in [0.4, 0.5) is 0 Å². The molecule has 0 aromatic rings. The summed E-state index contributed by atoms with van der Waals surface area (Å²) >= 11 is 0. The normalized spacial score (nSPS) is 41.6. The van der Waals surface area contributed by atoms with Gasteiger partial charge in [0, 0.05) is 25.2 Å². The van der Waals surface area contributed by atoms with Gasteiger partial charge in [0.2, 0.25) is 0 Å². The molecule has 3 atom stereocenters. The molecule has 88 valence electrons. The van der Waals surface area contributed by atoms with E-state index >= 15 is 0 Å². The van der Waals surface area contributed by atoms with Gasteiger partial charge in [-0.1, -0.05) is 13.3 Å². The summed E-state index contributed by atoms with van der Waals surface area (Å²) in [4.78, 5) is 2.46. The average molecular weight is 212 g/mol. The van der Waals surface area contributed by atoms with Gasteiger partial charge in [0.1, 0.15) is 0 Å². The molecule has 0 aromatic carbocycles. The number of nitrogens with zero attached hydrogens (tertiary/aromatic N) is 1. The Morgan fingerprint density at radius 2 is 2.27 bits per heavy atom. The van der Waals surface area contributed by atoms with Crippen LogP contribution in [-0.4, -0.2) is 43.8 Å². The average Bonchev–Trinajstić information content (AvgIpc) is 2.78. The topological polar surface area (TPSA) is 38.5 Å². The molecule has 15 heavy (non-hydrogen) atoms. The monoisotopic (exact) mass is 212 g/mol. The minimum Gasteiger partial charge on any atom is -0.380 e. The largest absolute Gasteiger partial charge is 0.380 e. The van der Waals surface area contributed by atoms with Crippen molar-refractivity contribution in [2.24, 2.45) is 11.1 Å². The number of nitrogens with two attached hydrogens (primary N) is 1. The van der Waals surface area contributed by atoms with Crippen molar-refractivity contribution in [2.75, 3.05) is 26.8 Å². The number of likely N-dealkylation sites (N-methyl/N-ethyl adjacent to an activating group) is 1. The highest BCUT2D eigenvalue weighted by atomic mass is 16.5. The van der Waals surface area contributed by atoms with Crippen LogP contribution in [0.1, 0.15) is 32.6 Å². The number of ether oxygens (including phenoxy) is 1. The lowest BCUT2D eigenvalue weighted by Gasteiger charge is -2.36. The lowest BCUT2D eigenvalue weighted by atomic mass is 9.84. The molecule has 1 aliphatic heterocycles. The fraction of sp³-hybridized carbons (Fsp3) is 1.00. The highest BCUT2D eigenvalue weighted by Gasteiger charge is 2.38. The summed E-state index contributed by atoms with van der Waals surface area (Å²) < 4.78 is 5.43. The first kappa shape index (κ1) is 11.4. The Morgan fingerprint density at radius 3 is 2.80 bits per heavy atom.